The van der Waals surface area contributed by atoms with Crippen LogP contribution in [0.5, 0.6) is 11.5 Å². The Kier molecular flexibility index (Phi) is 4.83. The Morgan fingerprint density at radius 3 is 2.30 bits per heavy atom. The zero-order valence-electron chi connectivity index (χ0n) is 15.0. The second-order valence-electron chi connectivity index (χ2n) is 7.53. The molecule has 138 valence electrons. The fourth-order valence-corrected chi connectivity index (χ4v) is 4.31. The maximum absolute atomic E-state index is 12.4. The van der Waals surface area contributed by atoms with Crippen molar-refractivity contribution in [3.63, 3.8) is 0 Å². The van der Waals surface area contributed by atoms with Crippen molar-refractivity contribution in [1.82, 2.24) is 4.90 Å². The van der Waals surface area contributed by atoms with Gasteiger partial charge in [-0.25, -0.2) is 0 Å². The molecule has 0 spiro atoms. The average molecular weight is 362 g/mol. The summed E-state index contributed by atoms with van der Waals surface area (Å²) >= 11 is 0. The molecule has 27 heavy (non-hydrogen) atoms. The van der Waals surface area contributed by atoms with Crippen LogP contribution in [0.4, 0.5) is 0 Å². The summed E-state index contributed by atoms with van der Waals surface area (Å²) in [4.78, 5) is 14.7. The molecule has 4 rings (SSSR count). The highest BCUT2D eigenvalue weighted by Gasteiger charge is 2.42. The first-order valence-corrected chi connectivity index (χ1v) is 9.32. The van der Waals surface area contributed by atoms with Crippen molar-refractivity contribution >= 4 is 5.78 Å². The van der Waals surface area contributed by atoms with Crippen LogP contribution < -0.4 is 4.74 Å². The zero-order valence-corrected chi connectivity index (χ0v) is 15.0. The summed E-state index contributed by atoms with van der Waals surface area (Å²) in [6.45, 7) is 2.29. The minimum Gasteiger partial charge on any atom is -0.508 e. The molecule has 5 nitrogen and oxygen atoms in total. The molecule has 1 N–H and O–H groups in total. The number of benzene rings is 2. The van der Waals surface area contributed by atoms with Crippen molar-refractivity contribution in [2.45, 2.75) is 18.9 Å². The van der Waals surface area contributed by atoms with Crippen molar-refractivity contribution in [2.24, 2.45) is 11.8 Å². The molecule has 0 amide bonds. The van der Waals surface area contributed by atoms with Crippen LogP contribution in [0.3, 0.4) is 0 Å². The second kappa shape index (κ2) is 7.42. The number of phenolic OH excluding ortho intramolecular Hbond substituents is 1. The molecule has 3 atom stereocenters. The molecule has 1 saturated heterocycles. The number of hydrogen-bond acceptors (Lipinski definition) is 5. The Morgan fingerprint density at radius 2 is 1.70 bits per heavy atom. The number of likely N-dealkylation sites (tertiary alicyclic amines) is 1. The number of Topliss-reactive ketones (excluding diaryl/α,β-unsaturated/α-hetero) is 1. The van der Waals surface area contributed by atoms with E-state index in [0.29, 0.717) is 29.5 Å². The summed E-state index contributed by atoms with van der Waals surface area (Å²) in [6, 6.07) is 15.8. The van der Waals surface area contributed by atoms with Gasteiger partial charge in [-0.1, -0.05) is 0 Å². The molecule has 0 bridgehead atoms. The van der Waals surface area contributed by atoms with Gasteiger partial charge in [-0.3, -0.25) is 9.69 Å². The highest BCUT2D eigenvalue weighted by molar-refractivity contribution is 5.97. The van der Waals surface area contributed by atoms with Crippen molar-refractivity contribution in [3.8, 4) is 17.6 Å². The monoisotopic (exact) mass is 362 g/mol. The molecule has 1 heterocycles. The van der Waals surface area contributed by atoms with Gasteiger partial charge >= 0.3 is 0 Å². The van der Waals surface area contributed by atoms with Gasteiger partial charge in [0.05, 0.1) is 24.3 Å². The summed E-state index contributed by atoms with van der Waals surface area (Å²) < 4.78 is 6.09. The van der Waals surface area contributed by atoms with Crippen molar-refractivity contribution in [1.29, 1.82) is 5.26 Å². The third-order valence-electron chi connectivity index (χ3n) is 5.63. The standard InChI is InChI=1S/C22H22N2O3/c23-11-15-1-7-20(8-2-15)27-21-9-17-12-24(13-18(17)10-21)14-22(26)16-3-5-19(25)6-4-16/h1-8,17-18,21,25H,9-10,12-14H2/t17-,18+,21?. The number of carbonyl (C=O) groups excluding carboxylic acids is 1. The van der Waals surface area contributed by atoms with E-state index in [-0.39, 0.29) is 17.6 Å². The van der Waals surface area contributed by atoms with Crippen LogP contribution in [0, 0.1) is 23.2 Å². The molecular formula is C22H22N2O3. The molecule has 1 aliphatic heterocycles. The van der Waals surface area contributed by atoms with Crippen LogP contribution >= 0.6 is 0 Å². The normalized spacial score (nSPS) is 24.3. The van der Waals surface area contributed by atoms with Crippen molar-refractivity contribution in [2.75, 3.05) is 19.6 Å². The second-order valence-corrected chi connectivity index (χ2v) is 7.53. The number of fused-ring (bicyclic) bond motifs is 1. The van der Waals surface area contributed by atoms with Gasteiger partial charge in [0.1, 0.15) is 11.5 Å². The maximum atomic E-state index is 12.4. The van der Waals surface area contributed by atoms with Crippen LogP contribution in [0.15, 0.2) is 48.5 Å². The number of aromatic hydroxyl groups is 1. The topological polar surface area (TPSA) is 73.6 Å². The van der Waals surface area contributed by atoms with E-state index >= 15 is 0 Å². The molecule has 0 aromatic heterocycles. The lowest BCUT2D eigenvalue weighted by Gasteiger charge is -2.19. The molecule has 1 unspecified atom stereocenters. The minimum absolute atomic E-state index is 0.0976. The van der Waals surface area contributed by atoms with Crippen LogP contribution in [0.1, 0.15) is 28.8 Å². The largest absolute Gasteiger partial charge is 0.508 e. The minimum atomic E-state index is 0.0976. The van der Waals surface area contributed by atoms with Crippen LogP contribution in [-0.2, 0) is 0 Å². The summed E-state index contributed by atoms with van der Waals surface area (Å²) in [5, 5.41) is 18.2. The van der Waals surface area contributed by atoms with Gasteiger partial charge in [-0.15, -0.1) is 0 Å². The number of rotatable bonds is 5. The number of nitriles is 1. The lowest BCUT2D eigenvalue weighted by atomic mass is 10.0. The third kappa shape index (κ3) is 3.96. The average Bonchev–Trinajstić information content (AvgIpc) is 3.20. The summed E-state index contributed by atoms with van der Waals surface area (Å²) in [7, 11) is 0. The first kappa shape index (κ1) is 17.6. The summed E-state index contributed by atoms with van der Waals surface area (Å²) in [5.74, 6) is 2.23. The highest BCUT2D eigenvalue weighted by Crippen LogP contribution is 2.39. The van der Waals surface area contributed by atoms with Crippen LogP contribution in [-0.4, -0.2) is 41.5 Å². The Bertz CT molecular complexity index is 841. The van der Waals surface area contributed by atoms with Crippen molar-refractivity contribution < 1.29 is 14.6 Å². The number of nitrogens with zero attached hydrogens (tertiary/aromatic N) is 2. The van der Waals surface area contributed by atoms with Gasteiger partial charge in [-0.2, -0.15) is 5.26 Å². The molecule has 0 radical (unpaired) electrons. The fourth-order valence-electron chi connectivity index (χ4n) is 4.31. The molecule has 2 aromatic carbocycles. The van der Waals surface area contributed by atoms with E-state index in [0.717, 1.165) is 31.7 Å². The molecular weight excluding hydrogens is 340 g/mol. The third-order valence-corrected chi connectivity index (χ3v) is 5.63. The lowest BCUT2D eigenvalue weighted by molar-refractivity contribution is 0.0936. The fraction of sp³-hybridized carbons (Fsp3) is 0.364. The molecule has 1 saturated carbocycles. The predicted molar refractivity (Wildman–Crippen MR) is 101 cm³/mol. The summed E-state index contributed by atoms with van der Waals surface area (Å²) in [5.41, 5.74) is 1.28. The molecule has 2 fully saturated rings. The molecule has 2 aliphatic rings. The maximum Gasteiger partial charge on any atom is 0.176 e. The van der Waals surface area contributed by atoms with E-state index < -0.39 is 0 Å². The van der Waals surface area contributed by atoms with Gasteiger partial charge < -0.3 is 9.84 Å². The van der Waals surface area contributed by atoms with Crippen molar-refractivity contribution in [3.05, 3.63) is 59.7 Å². The number of hydrogen-bond donors (Lipinski definition) is 1. The van der Waals surface area contributed by atoms with Crippen LogP contribution in [0.2, 0.25) is 0 Å². The molecule has 5 heteroatoms. The van der Waals surface area contributed by atoms with E-state index in [4.69, 9.17) is 10.00 Å². The van der Waals surface area contributed by atoms with Gasteiger partial charge in [0.2, 0.25) is 0 Å². The van der Waals surface area contributed by atoms with E-state index in [9.17, 15) is 9.90 Å². The number of carbonyl (C=O) groups is 1. The number of ether oxygens (including phenoxy) is 1. The number of phenols is 1. The summed E-state index contributed by atoms with van der Waals surface area (Å²) in [6.07, 6.45) is 2.23. The molecule has 2 aromatic rings. The van der Waals surface area contributed by atoms with Crippen LogP contribution in [0.25, 0.3) is 0 Å². The first-order valence-electron chi connectivity index (χ1n) is 9.32. The van der Waals surface area contributed by atoms with E-state index in [1.165, 1.54) is 0 Å². The first-order chi connectivity index (χ1) is 13.1. The highest BCUT2D eigenvalue weighted by atomic mass is 16.5. The van der Waals surface area contributed by atoms with E-state index in [2.05, 4.69) is 11.0 Å². The number of ketones is 1. The van der Waals surface area contributed by atoms with Gasteiger partial charge in [0.25, 0.3) is 0 Å². The molecule has 1 aliphatic carbocycles. The van der Waals surface area contributed by atoms with Gasteiger partial charge in [0.15, 0.2) is 5.78 Å². The Labute approximate surface area is 158 Å². The van der Waals surface area contributed by atoms with Gasteiger partial charge in [-0.05, 0) is 73.2 Å². The van der Waals surface area contributed by atoms with E-state index in [1.54, 1.807) is 36.4 Å². The smallest absolute Gasteiger partial charge is 0.176 e. The SMILES string of the molecule is N#Cc1ccc(OC2C[C@@H]3CN(CC(=O)c4ccc(O)cc4)C[C@@H]3C2)cc1. The Hall–Kier alpha value is -2.84. The Morgan fingerprint density at radius 1 is 1.07 bits per heavy atom. The predicted octanol–water partition coefficient (Wildman–Crippen LogP) is 3.24. The van der Waals surface area contributed by atoms with E-state index in [1.807, 2.05) is 12.1 Å². The Balaban J connectivity index is 1.28. The zero-order chi connectivity index (χ0) is 18.8. The van der Waals surface area contributed by atoms with Gasteiger partial charge in [0, 0.05) is 18.7 Å². The quantitative estimate of drug-likeness (QED) is 0.827. The lowest BCUT2D eigenvalue weighted by Crippen LogP contribution is -2.30.